The van der Waals surface area contributed by atoms with Crippen LogP contribution >= 0.6 is 12.2 Å². The number of nitro benzene ring substituents is 1. The minimum Gasteiger partial charge on any atom is -0.357 e. The first-order valence-corrected chi connectivity index (χ1v) is 5.83. The molecule has 8 heteroatoms. The van der Waals surface area contributed by atoms with Gasteiger partial charge in [0.05, 0.1) is 17.2 Å². The second-order valence-corrected chi connectivity index (χ2v) is 4.11. The molecule has 0 radical (unpaired) electrons. The van der Waals surface area contributed by atoms with E-state index in [0.717, 1.165) is 5.69 Å². The summed E-state index contributed by atoms with van der Waals surface area (Å²) in [7, 11) is 0. The van der Waals surface area contributed by atoms with Gasteiger partial charge in [-0.15, -0.1) is 0 Å². The molecule has 0 atom stereocenters. The lowest BCUT2D eigenvalue weighted by molar-refractivity contribution is -0.384. The van der Waals surface area contributed by atoms with Crippen molar-refractivity contribution in [1.29, 1.82) is 0 Å². The molecule has 2 rings (SSSR count). The Morgan fingerprint density at radius 2 is 2.32 bits per heavy atom. The van der Waals surface area contributed by atoms with Gasteiger partial charge in [0.1, 0.15) is 0 Å². The molecule has 19 heavy (non-hydrogen) atoms. The van der Waals surface area contributed by atoms with Gasteiger partial charge >= 0.3 is 0 Å². The van der Waals surface area contributed by atoms with E-state index in [1.54, 1.807) is 18.3 Å². The number of non-ortho nitro benzene ring substituents is 1. The third-order valence-electron chi connectivity index (χ3n) is 2.31. The van der Waals surface area contributed by atoms with Crippen LogP contribution in [0.25, 0.3) is 0 Å². The minimum atomic E-state index is -0.452. The predicted molar refractivity (Wildman–Crippen MR) is 74.7 cm³/mol. The Morgan fingerprint density at radius 1 is 1.47 bits per heavy atom. The summed E-state index contributed by atoms with van der Waals surface area (Å²) < 4.78 is 0. The monoisotopic (exact) mass is 277 g/mol. The number of aromatic amines is 1. The largest absolute Gasteiger partial charge is 0.357 e. The first kappa shape index (κ1) is 13.0. The average Bonchev–Trinajstić information content (AvgIpc) is 2.90. The van der Waals surface area contributed by atoms with Crippen LogP contribution in [0.1, 0.15) is 5.69 Å². The molecule has 2 aromatic rings. The fourth-order valence-electron chi connectivity index (χ4n) is 1.43. The Morgan fingerprint density at radius 3 is 3.00 bits per heavy atom. The molecule has 1 aromatic carbocycles. The Kier molecular flexibility index (Phi) is 4.04. The third kappa shape index (κ3) is 3.75. The lowest BCUT2D eigenvalue weighted by atomic mass is 10.3. The summed E-state index contributed by atoms with van der Waals surface area (Å²) in [5.74, 6) is 0. The lowest BCUT2D eigenvalue weighted by Gasteiger charge is -2.09. The van der Waals surface area contributed by atoms with Gasteiger partial charge in [0.2, 0.25) is 0 Å². The van der Waals surface area contributed by atoms with E-state index in [9.17, 15) is 10.1 Å². The average molecular weight is 277 g/mol. The number of benzene rings is 1. The van der Waals surface area contributed by atoms with Crippen molar-refractivity contribution in [2.45, 2.75) is 6.54 Å². The number of aromatic nitrogens is 2. The Bertz CT molecular complexity index is 585. The molecule has 0 amide bonds. The molecule has 0 aliphatic carbocycles. The van der Waals surface area contributed by atoms with E-state index in [1.165, 1.54) is 12.1 Å². The van der Waals surface area contributed by atoms with E-state index in [-0.39, 0.29) is 5.69 Å². The number of H-pyrrole nitrogens is 1. The first-order valence-electron chi connectivity index (χ1n) is 5.43. The van der Waals surface area contributed by atoms with Gasteiger partial charge in [-0.1, -0.05) is 6.07 Å². The van der Waals surface area contributed by atoms with E-state index < -0.39 is 4.92 Å². The second-order valence-electron chi connectivity index (χ2n) is 3.70. The van der Waals surface area contributed by atoms with Crippen LogP contribution in [0.2, 0.25) is 0 Å². The maximum absolute atomic E-state index is 10.6. The number of hydrogen-bond donors (Lipinski definition) is 3. The SMILES string of the molecule is O=[N+]([O-])c1cccc(NC(=S)NCc2ccn[nH]2)c1. The minimum absolute atomic E-state index is 0.0152. The van der Waals surface area contributed by atoms with Crippen LogP contribution in [0.4, 0.5) is 11.4 Å². The van der Waals surface area contributed by atoms with E-state index >= 15 is 0 Å². The molecule has 0 spiro atoms. The van der Waals surface area contributed by atoms with E-state index in [4.69, 9.17) is 12.2 Å². The van der Waals surface area contributed by atoms with Crippen molar-refractivity contribution in [2.75, 3.05) is 5.32 Å². The number of anilines is 1. The highest BCUT2D eigenvalue weighted by atomic mass is 32.1. The number of nitro groups is 1. The Hall–Kier alpha value is -2.48. The zero-order valence-corrected chi connectivity index (χ0v) is 10.6. The van der Waals surface area contributed by atoms with Crippen LogP contribution in [-0.2, 0) is 6.54 Å². The summed E-state index contributed by atoms with van der Waals surface area (Å²) in [6, 6.07) is 7.97. The molecule has 1 aromatic heterocycles. The Labute approximate surface area is 114 Å². The summed E-state index contributed by atoms with van der Waals surface area (Å²) in [4.78, 5) is 10.2. The fraction of sp³-hybridized carbons (Fsp3) is 0.0909. The molecular weight excluding hydrogens is 266 g/mol. The summed E-state index contributed by atoms with van der Waals surface area (Å²) >= 11 is 5.09. The molecule has 1 heterocycles. The van der Waals surface area contributed by atoms with Gasteiger partial charge in [0.15, 0.2) is 5.11 Å². The summed E-state index contributed by atoms with van der Waals surface area (Å²) in [6.45, 7) is 0.501. The smallest absolute Gasteiger partial charge is 0.271 e. The quantitative estimate of drug-likeness (QED) is 0.448. The van der Waals surface area contributed by atoms with E-state index in [0.29, 0.717) is 17.3 Å². The van der Waals surface area contributed by atoms with Gasteiger partial charge in [-0.3, -0.25) is 15.2 Å². The molecule has 0 fully saturated rings. The second kappa shape index (κ2) is 5.91. The van der Waals surface area contributed by atoms with Crippen LogP contribution in [0.3, 0.4) is 0 Å². The van der Waals surface area contributed by atoms with E-state index in [2.05, 4.69) is 20.8 Å². The number of nitrogens with one attached hydrogen (secondary N) is 3. The summed E-state index contributed by atoms with van der Waals surface area (Å²) in [6.07, 6.45) is 1.65. The van der Waals surface area contributed by atoms with Crippen LogP contribution in [-0.4, -0.2) is 20.2 Å². The van der Waals surface area contributed by atoms with Crippen molar-refractivity contribution in [3.8, 4) is 0 Å². The molecule has 7 nitrogen and oxygen atoms in total. The maximum Gasteiger partial charge on any atom is 0.271 e. The number of thiocarbonyl (C=S) groups is 1. The summed E-state index contributed by atoms with van der Waals surface area (Å²) in [5, 5.41) is 23.5. The van der Waals surface area contributed by atoms with Crippen LogP contribution in [0, 0.1) is 10.1 Å². The molecule has 98 valence electrons. The highest BCUT2D eigenvalue weighted by Crippen LogP contribution is 2.16. The number of nitrogens with zero attached hydrogens (tertiary/aromatic N) is 2. The molecule has 0 aliphatic rings. The first-order chi connectivity index (χ1) is 9.15. The van der Waals surface area contributed by atoms with Gasteiger partial charge in [0, 0.05) is 24.0 Å². The molecule has 0 unspecified atom stereocenters. The van der Waals surface area contributed by atoms with Gasteiger partial charge in [-0.2, -0.15) is 5.10 Å². The van der Waals surface area contributed by atoms with Gasteiger partial charge < -0.3 is 10.6 Å². The van der Waals surface area contributed by atoms with Crippen molar-refractivity contribution in [1.82, 2.24) is 15.5 Å². The highest BCUT2D eigenvalue weighted by Gasteiger charge is 2.06. The zero-order valence-electron chi connectivity index (χ0n) is 9.79. The van der Waals surface area contributed by atoms with Gasteiger partial charge in [-0.25, -0.2) is 0 Å². The molecule has 0 bridgehead atoms. The van der Waals surface area contributed by atoms with Crippen molar-refractivity contribution in [3.05, 3.63) is 52.3 Å². The molecular formula is C11H11N5O2S. The fourth-order valence-corrected chi connectivity index (χ4v) is 1.62. The van der Waals surface area contributed by atoms with Crippen LogP contribution in [0.5, 0.6) is 0 Å². The van der Waals surface area contributed by atoms with Gasteiger partial charge in [0.25, 0.3) is 5.69 Å². The van der Waals surface area contributed by atoms with E-state index in [1.807, 2.05) is 6.07 Å². The van der Waals surface area contributed by atoms with Crippen LogP contribution < -0.4 is 10.6 Å². The standard InChI is InChI=1S/C11H11N5O2S/c17-16(18)10-3-1-2-8(6-10)14-11(19)12-7-9-4-5-13-15-9/h1-6H,7H2,(H,13,15)(H2,12,14,19). The predicted octanol–water partition coefficient (Wildman–Crippen LogP) is 1.80. The number of rotatable bonds is 4. The molecule has 0 saturated carbocycles. The molecule has 0 aliphatic heterocycles. The Balaban J connectivity index is 1.91. The molecule has 3 N–H and O–H groups in total. The van der Waals surface area contributed by atoms with Crippen LogP contribution in [0.15, 0.2) is 36.5 Å². The number of hydrogen-bond acceptors (Lipinski definition) is 4. The summed E-state index contributed by atoms with van der Waals surface area (Å²) in [5.41, 5.74) is 1.47. The van der Waals surface area contributed by atoms with Crippen molar-refractivity contribution in [3.63, 3.8) is 0 Å². The molecule has 0 saturated heterocycles. The highest BCUT2D eigenvalue weighted by molar-refractivity contribution is 7.80. The van der Waals surface area contributed by atoms with Crippen molar-refractivity contribution >= 4 is 28.7 Å². The topological polar surface area (TPSA) is 95.9 Å². The van der Waals surface area contributed by atoms with Crippen molar-refractivity contribution < 1.29 is 4.92 Å². The lowest BCUT2D eigenvalue weighted by Crippen LogP contribution is -2.28. The third-order valence-corrected chi connectivity index (χ3v) is 2.56. The zero-order chi connectivity index (χ0) is 13.7. The van der Waals surface area contributed by atoms with Crippen molar-refractivity contribution in [2.24, 2.45) is 0 Å². The normalized spacial score (nSPS) is 9.89. The van der Waals surface area contributed by atoms with Gasteiger partial charge in [-0.05, 0) is 24.4 Å². The maximum atomic E-state index is 10.6.